The molecular formula is C17H28N4OS. The van der Waals surface area contributed by atoms with Crippen LogP contribution >= 0.6 is 11.3 Å². The van der Waals surface area contributed by atoms with Crippen LogP contribution in [-0.2, 0) is 11.2 Å². The third-order valence-corrected chi connectivity index (χ3v) is 6.12. The third-order valence-electron chi connectivity index (χ3n) is 5.18. The molecule has 1 saturated heterocycles. The molecule has 5 nitrogen and oxygen atoms in total. The maximum Gasteiger partial charge on any atom is 0.245 e. The van der Waals surface area contributed by atoms with E-state index in [4.69, 9.17) is 0 Å². The van der Waals surface area contributed by atoms with Crippen molar-refractivity contribution in [2.24, 2.45) is 5.92 Å². The average Bonchev–Trinajstić information content (AvgIpc) is 2.83. The van der Waals surface area contributed by atoms with E-state index in [1.54, 1.807) is 11.3 Å². The van der Waals surface area contributed by atoms with Gasteiger partial charge in [-0.1, -0.05) is 13.3 Å². The van der Waals surface area contributed by atoms with E-state index in [9.17, 15) is 4.79 Å². The second-order valence-corrected chi connectivity index (χ2v) is 7.56. The molecule has 0 radical (unpaired) electrons. The molecule has 2 aliphatic heterocycles. The number of carbonyl (C=O) groups is 1. The van der Waals surface area contributed by atoms with Gasteiger partial charge >= 0.3 is 0 Å². The van der Waals surface area contributed by atoms with E-state index in [2.05, 4.69) is 27.0 Å². The second-order valence-electron chi connectivity index (χ2n) is 6.67. The molecule has 0 bridgehead atoms. The molecule has 1 amide bonds. The maximum atomic E-state index is 13.0. The lowest BCUT2D eigenvalue weighted by Gasteiger charge is -2.30. The Labute approximate surface area is 143 Å². The Balaban J connectivity index is 1.70. The smallest absolute Gasteiger partial charge is 0.245 e. The van der Waals surface area contributed by atoms with Crippen molar-refractivity contribution in [1.29, 1.82) is 0 Å². The minimum Gasteiger partial charge on any atom is -0.340 e. The topological polar surface area (TPSA) is 48.5 Å². The van der Waals surface area contributed by atoms with Crippen molar-refractivity contribution in [2.45, 2.75) is 38.6 Å². The lowest BCUT2D eigenvalue weighted by Crippen LogP contribution is -2.43. The highest BCUT2D eigenvalue weighted by molar-refractivity contribution is 7.10. The second kappa shape index (κ2) is 7.73. The number of likely N-dealkylation sites (N-methyl/N-ethyl adjacent to an activating group) is 1. The van der Waals surface area contributed by atoms with E-state index in [-0.39, 0.29) is 11.9 Å². The summed E-state index contributed by atoms with van der Waals surface area (Å²) in [5, 5.41) is 3.20. The Kier molecular flexibility index (Phi) is 5.67. The number of carbonyl (C=O) groups excluding carboxylic acids is 1. The van der Waals surface area contributed by atoms with Gasteiger partial charge in [0.1, 0.15) is 6.04 Å². The first-order chi connectivity index (χ1) is 11.2. The fourth-order valence-corrected chi connectivity index (χ4v) is 4.79. The molecule has 0 aromatic carbocycles. The average molecular weight is 337 g/mol. The molecule has 3 heterocycles. The van der Waals surface area contributed by atoms with Gasteiger partial charge < -0.3 is 15.1 Å². The number of thiazole rings is 1. The van der Waals surface area contributed by atoms with Crippen LogP contribution in [0.3, 0.4) is 0 Å². The minimum absolute atomic E-state index is 0.215. The molecule has 1 fully saturated rings. The van der Waals surface area contributed by atoms with Crippen molar-refractivity contribution in [1.82, 2.24) is 20.1 Å². The minimum atomic E-state index is -0.215. The van der Waals surface area contributed by atoms with Gasteiger partial charge in [0.05, 0.1) is 16.1 Å². The highest BCUT2D eigenvalue weighted by Gasteiger charge is 2.33. The predicted octanol–water partition coefficient (Wildman–Crippen LogP) is 1.91. The van der Waals surface area contributed by atoms with Gasteiger partial charge in [0.25, 0.3) is 0 Å². The molecule has 0 spiro atoms. The van der Waals surface area contributed by atoms with Crippen molar-refractivity contribution in [3.05, 3.63) is 16.1 Å². The van der Waals surface area contributed by atoms with Crippen molar-refractivity contribution in [3.63, 3.8) is 0 Å². The Bertz CT molecular complexity index is 532. The summed E-state index contributed by atoms with van der Waals surface area (Å²) >= 11 is 1.60. The number of aromatic nitrogens is 1. The van der Waals surface area contributed by atoms with Crippen LogP contribution in [0.2, 0.25) is 0 Å². The Morgan fingerprint density at radius 3 is 3.04 bits per heavy atom. The summed E-state index contributed by atoms with van der Waals surface area (Å²) in [6.45, 7) is 7.38. The van der Waals surface area contributed by atoms with E-state index < -0.39 is 0 Å². The van der Waals surface area contributed by atoms with Crippen LogP contribution in [0.1, 0.15) is 42.8 Å². The van der Waals surface area contributed by atoms with Crippen LogP contribution in [0, 0.1) is 5.92 Å². The summed E-state index contributed by atoms with van der Waals surface area (Å²) in [6.07, 6.45) is 4.70. The summed E-state index contributed by atoms with van der Waals surface area (Å²) in [5.74, 6) is 0.825. The Hall–Kier alpha value is -0.980. The number of fused-ring (bicyclic) bond motifs is 1. The molecule has 3 rings (SSSR count). The van der Waals surface area contributed by atoms with Crippen LogP contribution in [0.4, 0.5) is 0 Å². The zero-order valence-electron chi connectivity index (χ0n) is 14.3. The van der Waals surface area contributed by atoms with E-state index >= 15 is 0 Å². The molecule has 0 aliphatic carbocycles. The number of rotatable bonds is 4. The SMILES string of the molecule is CCN1CCCCC(CN2CCc3ncsc3C(NC)C2=O)C1. The summed E-state index contributed by atoms with van der Waals surface area (Å²) < 4.78 is 0. The fourth-order valence-electron chi connectivity index (χ4n) is 3.85. The summed E-state index contributed by atoms with van der Waals surface area (Å²) in [7, 11) is 1.88. The van der Waals surface area contributed by atoms with Crippen LogP contribution in [0.15, 0.2) is 5.51 Å². The molecule has 0 saturated carbocycles. The van der Waals surface area contributed by atoms with Crippen LogP contribution in [0.5, 0.6) is 0 Å². The first-order valence-corrected chi connectivity index (χ1v) is 9.71. The summed E-state index contributed by atoms with van der Waals surface area (Å²) in [6, 6.07) is -0.215. The number of likely N-dealkylation sites (tertiary alicyclic amines) is 1. The van der Waals surface area contributed by atoms with Crippen molar-refractivity contribution in [2.75, 3.05) is 39.8 Å². The first-order valence-electron chi connectivity index (χ1n) is 8.83. The summed E-state index contributed by atoms with van der Waals surface area (Å²) in [5.41, 5.74) is 2.96. The lowest BCUT2D eigenvalue weighted by molar-refractivity contribution is -0.133. The molecule has 1 aromatic rings. The molecule has 2 unspecified atom stereocenters. The Morgan fingerprint density at radius 1 is 1.39 bits per heavy atom. The van der Waals surface area contributed by atoms with Crippen LogP contribution in [-0.4, -0.2) is 60.5 Å². The summed E-state index contributed by atoms with van der Waals surface area (Å²) in [4.78, 5) is 23.2. The van der Waals surface area contributed by atoms with Gasteiger partial charge in [-0.2, -0.15) is 0 Å². The molecule has 2 atom stereocenters. The molecule has 128 valence electrons. The standard InChI is InChI=1S/C17H28N4OS/c1-3-20-8-5-4-6-13(10-20)11-21-9-7-14-16(23-12-19-14)15(18-2)17(21)22/h12-13,15,18H,3-11H2,1-2H3. The van der Waals surface area contributed by atoms with Gasteiger partial charge in [-0.05, 0) is 38.9 Å². The van der Waals surface area contributed by atoms with E-state index in [0.717, 1.165) is 43.2 Å². The van der Waals surface area contributed by atoms with Crippen molar-refractivity contribution < 1.29 is 4.79 Å². The van der Waals surface area contributed by atoms with E-state index in [0.29, 0.717) is 5.92 Å². The number of hydrogen-bond donors (Lipinski definition) is 1. The van der Waals surface area contributed by atoms with Crippen molar-refractivity contribution >= 4 is 17.2 Å². The zero-order valence-corrected chi connectivity index (χ0v) is 15.1. The normalized spacial score (nSPS) is 26.7. The molecule has 6 heteroatoms. The predicted molar refractivity (Wildman–Crippen MR) is 93.7 cm³/mol. The van der Waals surface area contributed by atoms with Crippen LogP contribution in [0.25, 0.3) is 0 Å². The van der Waals surface area contributed by atoms with E-state index in [1.807, 2.05) is 12.6 Å². The fraction of sp³-hybridized carbons (Fsp3) is 0.765. The first kappa shape index (κ1) is 16.9. The molecule has 1 aromatic heterocycles. The maximum absolute atomic E-state index is 13.0. The molecule has 23 heavy (non-hydrogen) atoms. The van der Waals surface area contributed by atoms with Gasteiger partial charge in [-0.15, -0.1) is 11.3 Å². The van der Waals surface area contributed by atoms with E-state index in [1.165, 1.54) is 25.8 Å². The number of amides is 1. The number of hydrogen-bond acceptors (Lipinski definition) is 5. The van der Waals surface area contributed by atoms with Crippen LogP contribution < -0.4 is 5.32 Å². The third kappa shape index (κ3) is 3.75. The number of nitrogens with one attached hydrogen (secondary N) is 1. The Morgan fingerprint density at radius 2 is 2.26 bits per heavy atom. The highest BCUT2D eigenvalue weighted by Crippen LogP contribution is 2.28. The van der Waals surface area contributed by atoms with Gasteiger partial charge in [0.2, 0.25) is 5.91 Å². The quantitative estimate of drug-likeness (QED) is 0.912. The molecule has 2 aliphatic rings. The zero-order chi connectivity index (χ0) is 16.2. The van der Waals surface area contributed by atoms with Gasteiger partial charge in [-0.25, -0.2) is 4.98 Å². The molecule has 1 N–H and O–H groups in total. The monoisotopic (exact) mass is 336 g/mol. The van der Waals surface area contributed by atoms with Gasteiger partial charge in [-0.3, -0.25) is 4.79 Å². The van der Waals surface area contributed by atoms with Crippen molar-refractivity contribution in [3.8, 4) is 0 Å². The molecular weight excluding hydrogens is 308 g/mol. The lowest BCUT2D eigenvalue weighted by atomic mass is 10.0. The number of nitrogens with zero attached hydrogens (tertiary/aromatic N) is 3. The van der Waals surface area contributed by atoms with Gasteiger partial charge in [0.15, 0.2) is 0 Å². The van der Waals surface area contributed by atoms with Gasteiger partial charge in [0, 0.05) is 26.1 Å². The highest BCUT2D eigenvalue weighted by atomic mass is 32.1. The largest absolute Gasteiger partial charge is 0.340 e.